The monoisotopic (exact) mass is 226 g/mol. The minimum atomic E-state index is 1.11. The van der Waals surface area contributed by atoms with E-state index >= 15 is 0 Å². The molecule has 0 radical (unpaired) electrons. The lowest BCUT2D eigenvalue weighted by molar-refractivity contribution is 0.201. The van der Waals surface area contributed by atoms with Crippen molar-refractivity contribution in [2.45, 2.75) is 80.1 Å². The van der Waals surface area contributed by atoms with Crippen LogP contribution in [0.3, 0.4) is 0 Å². The van der Waals surface area contributed by atoms with Crippen LogP contribution in [-0.2, 0) is 0 Å². The van der Waals surface area contributed by atoms with Crippen LogP contribution in [0.4, 0.5) is 0 Å². The van der Waals surface area contributed by atoms with Gasteiger partial charge in [0.05, 0.1) is 0 Å². The Bertz CT molecular complexity index is 150. The zero-order chi connectivity index (χ0) is 12.6. The lowest BCUT2D eigenvalue weighted by Crippen LogP contribution is -2.21. The van der Waals surface area contributed by atoms with Gasteiger partial charge in [0.1, 0.15) is 0 Å². The third-order valence-corrected chi connectivity index (χ3v) is 4.37. The van der Waals surface area contributed by atoms with E-state index in [9.17, 15) is 0 Å². The molecule has 4 atom stereocenters. The maximum Gasteiger partial charge on any atom is -0.0355 e. The molecular formula is C16H34. The molecule has 2 rings (SSSR count). The van der Waals surface area contributed by atoms with Gasteiger partial charge in [-0.15, -0.1) is 0 Å². The predicted octanol–water partition coefficient (Wildman–Crippen LogP) is 5.91. The van der Waals surface area contributed by atoms with Crippen molar-refractivity contribution >= 4 is 0 Å². The molecule has 0 saturated heterocycles. The van der Waals surface area contributed by atoms with Crippen LogP contribution in [-0.4, -0.2) is 0 Å². The Morgan fingerprint density at radius 3 is 1.75 bits per heavy atom. The summed E-state index contributed by atoms with van der Waals surface area (Å²) in [5.41, 5.74) is 0. The first kappa shape index (κ1) is 16.0. The van der Waals surface area contributed by atoms with Crippen molar-refractivity contribution in [1.29, 1.82) is 0 Å². The van der Waals surface area contributed by atoms with Gasteiger partial charge in [-0.1, -0.05) is 60.8 Å². The summed E-state index contributed by atoms with van der Waals surface area (Å²) < 4.78 is 0. The normalized spacial score (nSPS) is 34.9. The summed E-state index contributed by atoms with van der Waals surface area (Å²) in [5.74, 6) is 4.51. The molecule has 0 spiro atoms. The molecule has 2 bridgehead atoms. The van der Waals surface area contributed by atoms with Crippen molar-refractivity contribution in [3.8, 4) is 0 Å². The topological polar surface area (TPSA) is 0 Å². The Labute approximate surface area is 104 Å². The average Bonchev–Trinajstić information content (AvgIpc) is 2.95. The van der Waals surface area contributed by atoms with Crippen LogP contribution in [0.2, 0.25) is 0 Å². The van der Waals surface area contributed by atoms with Crippen LogP contribution in [0.25, 0.3) is 0 Å². The second-order valence-electron chi connectivity index (χ2n) is 4.86. The summed E-state index contributed by atoms with van der Waals surface area (Å²) in [7, 11) is 0. The number of hydrogen-bond donors (Lipinski definition) is 0. The first-order chi connectivity index (χ1) is 7.86. The Morgan fingerprint density at radius 1 is 0.812 bits per heavy atom. The van der Waals surface area contributed by atoms with Crippen molar-refractivity contribution in [1.82, 2.24) is 0 Å². The molecular weight excluding hydrogens is 192 g/mol. The molecule has 0 heteroatoms. The summed E-state index contributed by atoms with van der Waals surface area (Å²) >= 11 is 0. The third-order valence-electron chi connectivity index (χ3n) is 4.37. The van der Waals surface area contributed by atoms with Gasteiger partial charge in [0, 0.05) is 0 Å². The molecule has 2 aliphatic rings. The molecule has 0 N–H and O–H groups in total. The predicted molar refractivity (Wildman–Crippen MR) is 75.7 cm³/mol. The van der Waals surface area contributed by atoms with Crippen molar-refractivity contribution in [3.63, 3.8) is 0 Å². The highest BCUT2D eigenvalue weighted by Crippen LogP contribution is 2.54. The molecule has 0 aliphatic heterocycles. The van der Waals surface area contributed by atoms with Crippen LogP contribution < -0.4 is 0 Å². The Morgan fingerprint density at radius 2 is 1.31 bits per heavy atom. The fourth-order valence-corrected chi connectivity index (χ4v) is 3.95. The van der Waals surface area contributed by atoms with Crippen LogP contribution in [0.15, 0.2) is 0 Å². The van der Waals surface area contributed by atoms with E-state index in [-0.39, 0.29) is 0 Å². The van der Waals surface area contributed by atoms with Gasteiger partial charge in [0.25, 0.3) is 0 Å². The van der Waals surface area contributed by atoms with Gasteiger partial charge in [-0.05, 0) is 42.9 Å². The van der Waals surface area contributed by atoms with E-state index in [0.717, 1.165) is 23.7 Å². The van der Waals surface area contributed by atoms with E-state index in [0.29, 0.717) is 0 Å². The Balaban J connectivity index is 0.000000509. The molecule has 2 saturated carbocycles. The van der Waals surface area contributed by atoms with E-state index in [1.165, 1.54) is 19.3 Å². The zero-order valence-corrected chi connectivity index (χ0v) is 12.6. The van der Waals surface area contributed by atoms with Crippen LogP contribution >= 0.6 is 0 Å². The number of fused-ring (bicyclic) bond motifs is 2. The van der Waals surface area contributed by atoms with E-state index in [4.69, 9.17) is 0 Å². The molecule has 2 fully saturated rings. The summed E-state index contributed by atoms with van der Waals surface area (Å²) in [6.45, 7) is 12.7. The largest absolute Gasteiger partial charge is 0.0683 e. The molecule has 2 aliphatic carbocycles. The molecule has 0 heterocycles. The Hall–Kier alpha value is 0. The molecule has 0 aromatic carbocycles. The average molecular weight is 226 g/mol. The highest BCUT2D eigenvalue weighted by molar-refractivity contribution is 4.95. The van der Waals surface area contributed by atoms with E-state index < -0.39 is 0 Å². The van der Waals surface area contributed by atoms with Crippen LogP contribution in [0.1, 0.15) is 80.1 Å². The van der Waals surface area contributed by atoms with Crippen LogP contribution in [0.5, 0.6) is 0 Å². The quantitative estimate of drug-likeness (QED) is 0.561. The fraction of sp³-hybridized carbons (Fsp3) is 1.00. The van der Waals surface area contributed by atoms with Crippen LogP contribution in [0, 0.1) is 23.7 Å². The van der Waals surface area contributed by atoms with Gasteiger partial charge >= 0.3 is 0 Å². The molecule has 0 aromatic rings. The second kappa shape index (κ2) is 9.07. The summed E-state index contributed by atoms with van der Waals surface area (Å²) in [4.78, 5) is 0. The first-order valence-electron chi connectivity index (χ1n) is 7.86. The number of rotatable bonds is 3. The molecule has 0 nitrogen and oxygen atoms in total. The SMILES string of the molecule is CC.CC.CCCC1C2CCC(C2)C1CC. The van der Waals surface area contributed by atoms with Gasteiger partial charge in [0.2, 0.25) is 0 Å². The molecule has 0 aromatic heterocycles. The summed E-state index contributed by atoms with van der Waals surface area (Å²) in [6, 6.07) is 0. The van der Waals surface area contributed by atoms with E-state index in [1.54, 1.807) is 19.3 Å². The lowest BCUT2D eigenvalue weighted by atomic mass is 9.76. The maximum atomic E-state index is 2.40. The lowest BCUT2D eigenvalue weighted by Gasteiger charge is -2.30. The molecule has 4 unspecified atom stereocenters. The number of hydrogen-bond acceptors (Lipinski definition) is 0. The van der Waals surface area contributed by atoms with Gasteiger partial charge in [-0.3, -0.25) is 0 Å². The summed E-state index contributed by atoms with van der Waals surface area (Å²) in [6.07, 6.45) is 9.08. The van der Waals surface area contributed by atoms with E-state index in [1.807, 2.05) is 27.7 Å². The van der Waals surface area contributed by atoms with E-state index in [2.05, 4.69) is 13.8 Å². The first-order valence-corrected chi connectivity index (χ1v) is 7.86. The van der Waals surface area contributed by atoms with Gasteiger partial charge < -0.3 is 0 Å². The van der Waals surface area contributed by atoms with Gasteiger partial charge in [-0.25, -0.2) is 0 Å². The fourth-order valence-electron chi connectivity index (χ4n) is 3.95. The highest BCUT2D eigenvalue weighted by Gasteiger charge is 2.45. The molecule has 16 heavy (non-hydrogen) atoms. The van der Waals surface area contributed by atoms with Gasteiger partial charge in [0.15, 0.2) is 0 Å². The second-order valence-corrected chi connectivity index (χ2v) is 4.86. The van der Waals surface area contributed by atoms with Crippen molar-refractivity contribution in [3.05, 3.63) is 0 Å². The standard InChI is InChI=1S/C12H22.2C2H6/c1-3-5-12-10-7-6-9(8-10)11(12)4-2;2*1-2/h9-12H,3-8H2,1-2H3;2*1-2H3. The maximum absolute atomic E-state index is 2.40. The zero-order valence-electron chi connectivity index (χ0n) is 12.6. The van der Waals surface area contributed by atoms with Crippen molar-refractivity contribution in [2.75, 3.05) is 0 Å². The van der Waals surface area contributed by atoms with Crippen molar-refractivity contribution < 1.29 is 0 Å². The minimum Gasteiger partial charge on any atom is -0.0683 e. The van der Waals surface area contributed by atoms with Crippen molar-refractivity contribution in [2.24, 2.45) is 23.7 Å². The van der Waals surface area contributed by atoms with Gasteiger partial charge in [-0.2, -0.15) is 0 Å². The smallest absolute Gasteiger partial charge is 0.0355 e. The molecule has 98 valence electrons. The molecule has 0 amide bonds. The highest BCUT2D eigenvalue weighted by atomic mass is 14.5. The Kier molecular flexibility index (Phi) is 9.07. The minimum absolute atomic E-state index is 1.11. The summed E-state index contributed by atoms with van der Waals surface area (Å²) in [5, 5.41) is 0. The third kappa shape index (κ3) is 3.50.